The zero-order chi connectivity index (χ0) is 18.9. The number of anilines is 1. The summed E-state index contributed by atoms with van der Waals surface area (Å²) < 4.78 is 10.2. The number of para-hydroxylation sites is 1. The lowest BCUT2D eigenvalue weighted by Crippen LogP contribution is -2.18. The van der Waals surface area contributed by atoms with Crippen LogP contribution < -0.4 is 10.1 Å². The van der Waals surface area contributed by atoms with Gasteiger partial charge >= 0.3 is 5.97 Å². The van der Waals surface area contributed by atoms with Gasteiger partial charge in [0.25, 0.3) is 0 Å². The highest BCUT2D eigenvalue weighted by Gasteiger charge is 2.19. The highest BCUT2D eigenvalue weighted by Crippen LogP contribution is 2.30. The van der Waals surface area contributed by atoms with Crippen LogP contribution in [0.4, 0.5) is 5.69 Å². The molecule has 2 aromatic carbocycles. The van der Waals surface area contributed by atoms with Crippen molar-refractivity contribution in [2.24, 2.45) is 0 Å². The van der Waals surface area contributed by atoms with E-state index in [4.69, 9.17) is 32.7 Å². The lowest BCUT2D eigenvalue weighted by molar-refractivity contribution is -0.113. The Labute approximate surface area is 166 Å². The van der Waals surface area contributed by atoms with E-state index in [1.807, 2.05) is 30.3 Å². The lowest BCUT2D eigenvalue weighted by atomic mass is 10.1. The third-order valence-electron chi connectivity index (χ3n) is 3.19. The Morgan fingerprint density at radius 2 is 1.88 bits per heavy atom. The van der Waals surface area contributed by atoms with Crippen molar-refractivity contribution in [3.05, 3.63) is 58.1 Å². The maximum absolute atomic E-state index is 12.1. The molecule has 0 aliphatic rings. The molecule has 2 rings (SSSR count). The second-order valence-corrected chi connectivity index (χ2v) is 7.01. The van der Waals surface area contributed by atoms with Crippen LogP contribution >= 0.6 is 35.0 Å². The van der Waals surface area contributed by atoms with Gasteiger partial charge in [0.05, 0.1) is 30.2 Å². The molecular formula is C18H17Cl2NO4S. The quantitative estimate of drug-likeness (QED) is 0.508. The minimum Gasteiger partial charge on any atom is -0.493 e. The van der Waals surface area contributed by atoms with E-state index in [1.165, 1.54) is 31.0 Å². The summed E-state index contributed by atoms with van der Waals surface area (Å²) >= 11 is 13.4. The Morgan fingerprint density at radius 1 is 1.15 bits per heavy atom. The second kappa shape index (κ2) is 10.3. The summed E-state index contributed by atoms with van der Waals surface area (Å²) in [6, 6.07) is 12.3. The van der Waals surface area contributed by atoms with Crippen molar-refractivity contribution in [1.29, 1.82) is 0 Å². The van der Waals surface area contributed by atoms with Gasteiger partial charge < -0.3 is 14.8 Å². The molecule has 8 heteroatoms. The van der Waals surface area contributed by atoms with Crippen molar-refractivity contribution in [2.45, 2.75) is 0 Å². The van der Waals surface area contributed by atoms with Crippen molar-refractivity contribution in [1.82, 2.24) is 0 Å². The summed E-state index contributed by atoms with van der Waals surface area (Å²) in [6.07, 6.45) is 0. The molecule has 1 amide bonds. The first-order chi connectivity index (χ1) is 12.5. The fourth-order valence-corrected chi connectivity index (χ4v) is 3.24. The average Bonchev–Trinajstić information content (AvgIpc) is 2.61. The van der Waals surface area contributed by atoms with E-state index in [0.717, 1.165) is 5.75 Å². The number of halogens is 2. The molecule has 0 atom stereocenters. The number of hydrogen-bond donors (Lipinski definition) is 1. The Balaban J connectivity index is 1.85. The van der Waals surface area contributed by atoms with E-state index in [1.54, 1.807) is 0 Å². The fourth-order valence-electron chi connectivity index (χ4n) is 2.07. The van der Waals surface area contributed by atoms with Crippen LogP contribution in [-0.4, -0.2) is 37.1 Å². The third kappa shape index (κ3) is 6.12. The number of hydrogen-bond acceptors (Lipinski definition) is 5. The van der Waals surface area contributed by atoms with E-state index >= 15 is 0 Å². The summed E-state index contributed by atoms with van der Waals surface area (Å²) in [5.41, 5.74) is 0.296. The molecule has 2 aromatic rings. The molecule has 0 heterocycles. The lowest BCUT2D eigenvalue weighted by Gasteiger charge is -2.12. The summed E-state index contributed by atoms with van der Waals surface area (Å²) in [6.45, 7) is 0.484. The molecule has 0 aliphatic heterocycles. The highest BCUT2D eigenvalue weighted by atomic mass is 35.5. The maximum atomic E-state index is 12.1. The maximum Gasteiger partial charge on any atom is 0.341 e. The smallest absolute Gasteiger partial charge is 0.341 e. The summed E-state index contributed by atoms with van der Waals surface area (Å²) in [5.74, 6) is 0.698. The number of rotatable bonds is 8. The van der Waals surface area contributed by atoms with E-state index in [-0.39, 0.29) is 27.9 Å². The van der Waals surface area contributed by atoms with E-state index in [0.29, 0.717) is 17.4 Å². The highest BCUT2D eigenvalue weighted by molar-refractivity contribution is 7.99. The second-order valence-electron chi connectivity index (χ2n) is 5.06. The number of esters is 1. The van der Waals surface area contributed by atoms with Gasteiger partial charge in [-0.3, -0.25) is 4.79 Å². The van der Waals surface area contributed by atoms with Crippen LogP contribution in [0.5, 0.6) is 5.75 Å². The molecule has 0 unspecified atom stereocenters. The van der Waals surface area contributed by atoms with Gasteiger partial charge in [-0.2, -0.15) is 0 Å². The van der Waals surface area contributed by atoms with Gasteiger partial charge in [-0.05, 0) is 24.3 Å². The first-order valence-electron chi connectivity index (χ1n) is 7.64. The van der Waals surface area contributed by atoms with Crippen molar-refractivity contribution >= 4 is 52.5 Å². The Bertz CT molecular complexity index is 771. The van der Waals surface area contributed by atoms with Gasteiger partial charge in [0, 0.05) is 10.8 Å². The van der Waals surface area contributed by atoms with Crippen LogP contribution in [0.2, 0.25) is 10.0 Å². The van der Waals surface area contributed by atoms with Gasteiger partial charge in [-0.25, -0.2) is 4.79 Å². The number of thioether (sulfide) groups is 1. The molecule has 26 heavy (non-hydrogen) atoms. The van der Waals surface area contributed by atoms with Gasteiger partial charge in [0.15, 0.2) is 0 Å². The first-order valence-corrected chi connectivity index (χ1v) is 9.55. The van der Waals surface area contributed by atoms with Gasteiger partial charge in [-0.1, -0.05) is 41.4 Å². The Kier molecular flexibility index (Phi) is 8.09. The number of carbonyl (C=O) groups is 2. The summed E-state index contributed by atoms with van der Waals surface area (Å²) in [5, 5.41) is 3.07. The number of carbonyl (C=O) groups excluding carboxylic acids is 2. The van der Waals surface area contributed by atoms with Crippen LogP contribution in [-0.2, 0) is 9.53 Å². The molecule has 0 fully saturated rings. The predicted octanol–water partition coefficient (Wildman–Crippen LogP) is 4.53. The molecule has 5 nitrogen and oxygen atoms in total. The normalized spacial score (nSPS) is 10.3. The van der Waals surface area contributed by atoms with E-state index in [9.17, 15) is 9.59 Å². The number of benzene rings is 2. The van der Waals surface area contributed by atoms with Crippen LogP contribution in [0.1, 0.15) is 10.4 Å². The van der Waals surface area contributed by atoms with Crippen molar-refractivity contribution < 1.29 is 19.1 Å². The summed E-state index contributed by atoms with van der Waals surface area (Å²) in [4.78, 5) is 24.0. The summed E-state index contributed by atoms with van der Waals surface area (Å²) in [7, 11) is 1.24. The molecule has 0 aliphatic carbocycles. The largest absolute Gasteiger partial charge is 0.493 e. The molecular weight excluding hydrogens is 397 g/mol. The molecule has 0 radical (unpaired) electrons. The Hall–Kier alpha value is -1.89. The number of methoxy groups -OCH3 is 1. The molecule has 138 valence electrons. The molecule has 0 spiro atoms. The number of amides is 1. The molecule has 0 saturated carbocycles. The monoisotopic (exact) mass is 413 g/mol. The van der Waals surface area contributed by atoms with Crippen LogP contribution in [0.25, 0.3) is 0 Å². The first kappa shape index (κ1) is 20.4. The molecule has 1 N–H and O–H groups in total. The zero-order valence-corrected chi connectivity index (χ0v) is 16.3. The van der Waals surface area contributed by atoms with Gasteiger partial charge in [0.2, 0.25) is 5.91 Å². The minimum absolute atomic E-state index is 0.0735. The zero-order valence-electron chi connectivity index (χ0n) is 14.0. The van der Waals surface area contributed by atoms with Gasteiger partial charge in [0.1, 0.15) is 11.3 Å². The minimum atomic E-state index is -0.647. The number of nitrogens with one attached hydrogen (secondary N) is 1. The van der Waals surface area contributed by atoms with E-state index in [2.05, 4.69) is 5.32 Å². The fraction of sp³-hybridized carbons (Fsp3) is 0.222. The molecule has 0 aromatic heterocycles. The van der Waals surface area contributed by atoms with Crippen LogP contribution in [0.3, 0.4) is 0 Å². The molecule has 0 saturated heterocycles. The predicted molar refractivity (Wildman–Crippen MR) is 106 cm³/mol. The standard InChI is InChI=1S/C18H17Cl2NO4S/c1-24-18(23)17-14(20)9-12(19)10-15(17)21-16(22)11-26-8-7-25-13-5-3-2-4-6-13/h2-6,9-10H,7-8,11H2,1H3,(H,21,22). The van der Waals surface area contributed by atoms with Crippen molar-refractivity contribution in [3.63, 3.8) is 0 Å². The Morgan fingerprint density at radius 3 is 2.58 bits per heavy atom. The topological polar surface area (TPSA) is 64.6 Å². The average molecular weight is 414 g/mol. The van der Waals surface area contributed by atoms with Crippen molar-refractivity contribution in [3.8, 4) is 5.75 Å². The molecule has 0 bridgehead atoms. The third-order valence-corrected chi connectivity index (χ3v) is 4.63. The van der Waals surface area contributed by atoms with E-state index < -0.39 is 5.97 Å². The van der Waals surface area contributed by atoms with Gasteiger partial charge in [-0.15, -0.1) is 11.8 Å². The van der Waals surface area contributed by atoms with Crippen LogP contribution in [0, 0.1) is 0 Å². The SMILES string of the molecule is COC(=O)c1c(Cl)cc(Cl)cc1NC(=O)CSCCOc1ccccc1. The van der Waals surface area contributed by atoms with Crippen molar-refractivity contribution in [2.75, 3.05) is 30.5 Å². The number of ether oxygens (including phenoxy) is 2. The van der Waals surface area contributed by atoms with Crippen LogP contribution in [0.15, 0.2) is 42.5 Å².